The molecule has 0 saturated heterocycles. The minimum absolute atomic E-state index is 1.01. The van der Waals surface area contributed by atoms with Crippen LogP contribution in [0.5, 0.6) is 0 Å². The summed E-state index contributed by atoms with van der Waals surface area (Å²) in [5.41, 5.74) is 10.2. The molecule has 0 aromatic heterocycles. The lowest BCUT2D eigenvalue weighted by Crippen LogP contribution is -1.96. The predicted octanol–water partition coefficient (Wildman–Crippen LogP) is 7.74. The van der Waals surface area contributed by atoms with Crippen LogP contribution < -0.4 is 0 Å². The molecule has 3 aromatic rings. The highest BCUT2D eigenvalue weighted by Gasteiger charge is 2.11. The molecule has 0 aliphatic heterocycles. The molecule has 0 radical (unpaired) electrons. The maximum Gasteiger partial charge on any atom is -0.0100 e. The van der Waals surface area contributed by atoms with Crippen molar-refractivity contribution in [2.24, 2.45) is 0 Å². The average molecular weight is 365 g/mol. The number of benzene rings is 3. The summed E-state index contributed by atoms with van der Waals surface area (Å²) in [5, 5.41) is 0. The van der Waals surface area contributed by atoms with Crippen LogP contribution in [0.1, 0.15) is 47.2 Å². The summed E-state index contributed by atoms with van der Waals surface area (Å²) in [5.74, 6) is 0. The zero-order valence-corrected chi connectivity index (χ0v) is 17.1. The maximum atomic E-state index is 3.82. The molecular weight excluding hydrogens is 336 g/mol. The van der Waals surface area contributed by atoms with E-state index in [0.29, 0.717) is 0 Å². The van der Waals surface area contributed by atoms with Crippen LogP contribution >= 0.6 is 0 Å². The highest BCUT2D eigenvalue weighted by atomic mass is 14.2. The summed E-state index contributed by atoms with van der Waals surface area (Å²) >= 11 is 0. The lowest BCUT2D eigenvalue weighted by atomic mass is 9.89. The van der Waals surface area contributed by atoms with Gasteiger partial charge >= 0.3 is 0 Å². The first-order valence-electron chi connectivity index (χ1n) is 9.89. The van der Waals surface area contributed by atoms with Gasteiger partial charge in [0.25, 0.3) is 0 Å². The van der Waals surface area contributed by atoms with Gasteiger partial charge in [0.05, 0.1) is 0 Å². The van der Waals surface area contributed by atoms with Crippen molar-refractivity contribution in [2.75, 3.05) is 0 Å². The molecule has 0 N–H and O–H groups in total. The number of hydrogen-bond acceptors (Lipinski definition) is 0. The van der Waals surface area contributed by atoms with Gasteiger partial charge in [-0.2, -0.15) is 0 Å². The van der Waals surface area contributed by atoms with Gasteiger partial charge in [-0.3, -0.25) is 0 Å². The van der Waals surface area contributed by atoms with E-state index in [9.17, 15) is 0 Å². The zero-order chi connectivity index (χ0) is 19.9. The van der Waals surface area contributed by atoms with Crippen LogP contribution in [0.15, 0.2) is 91.5 Å². The molecule has 3 rings (SSSR count). The van der Waals surface area contributed by atoms with Crippen LogP contribution in [0, 0.1) is 6.92 Å². The lowest BCUT2D eigenvalue weighted by Gasteiger charge is -2.15. The summed E-state index contributed by atoms with van der Waals surface area (Å²) in [6.45, 7) is 10.3. The summed E-state index contributed by atoms with van der Waals surface area (Å²) in [4.78, 5) is 0. The number of rotatable bonds is 6. The van der Waals surface area contributed by atoms with Crippen molar-refractivity contribution >= 4 is 17.2 Å². The monoisotopic (exact) mass is 364 g/mol. The molecule has 140 valence electrons. The molecule has 0 bridgehead atoms. The lowest BCUT2D eigenvalue weighted by molar-refractivity contribution is 1.13. The molecule has 0 atom stereocenters. The number of aryl methyl sites for hydroxylation is 2. The molecule has 0 nitrogen and oxygen atoms in total. The van der Waals surface area contributed by atoms with Crippen LogP contribution in [-0.2, 0) is 6.42 Å². The second-order valence-corrected chi connectivity index (χ2v) is 7.09. The van der Waals surface area contributed by atoms with Crippen molar-refractivity contribution in [2.45, 2.75) is 27.2 Å². The molecule has 0 heterocycles. The van der Waals surface area contributed by atoms with Gasteiger partial charge in [-0.1, -0.05) is 92.4 Å². The Morgan fingerprint density at radius 1 is 0.893 bits per heavy atom. The fraction of sp³-hybridized carbons (Fsp3) is 0.143. The Bertz CT molecular complexity index is 1030. The number of allylic oxidation sites excluding steroid dienone is 3. The third kappa shape index (κ3) is 4.40. The zero-order valence-electron chi connectivity index (χ0n) is 17.1. The molecule has 0 saturated carbocycles. The molecule has 28 heavy (non-hydrogen) atoms. The second-order valence-electron chi connectivity index (χ2n) is 7.09. The second kappa shape index (κ2) is 9.19. The maximum absolute atomic E-state index is 3.82. The van der Waals surface area contributed by atoms with E-state index < -0.39 is 0 Å². The minimum Gasteiger partial charge on any atom is -0.0991 e. The molecule has 0 unspecified atom stereocenters. The van der Waals surface area contributed by atoms with Gasteiger partial charge < -0.3 is 0 Å². The van der Waals surface area contributed by atoms with Crippen LogP contribution in [0.2, 0.25) is 0 Å². The van der Waals surface area contributed by atoms with Crippen molar-refractivity contribution in [3.8, 4) is 0 Å². The summed E-state index contributed by atoms with van der Waals surface area (Å²) in [6.07, 6.45) is 7.23. The van der Waals surface area contributed by atoms with Crippen molar-refractivity contribution in [1.29, 1.82) is 0 Å². The van der Waals surface area contributed by atoms with Gasteiger partial charge in [0.2, 0.25) is 0 Å². The Labute approximate surface area is 169 Å². The largest absolute Gasteiger partial charge is 0.0991 e. The fourth-order valence-electron chi connectivity index (χ4n) is 3.58. The van der Waals surface area contributed by atoms with E-state index in [1.165, 1.54) is 44.5 Å². The van der Waals surface area contributed by atoms with Gasteiger partial charge in [0.1, 0.15) is 0 Å². The summed E-state index contributed by atoms with van der Waals surface area (Å²) < 4.78 is 0. The third-order valence-corrected chi connectivity index (χ3v) is 5.14. The van der Waals surface area contributed by atoms with Gasteiger partial charge in [-0.05, 0) is 76.9 Å². The van der Waals surface area contributed by atoms with Crippen LogP contribution in [0.3, 0.4) is 0 Å². The molecule has 0 aliphatic rings. The van der Waals surface area contributed by atoms with E-state index >= 15 is 0 Å². The Balaban J connectivity index is 2.21. The number of hydrogen-bond donors (Lipinski definition) is 0. The van der Waals surface area contributed by atoms with Gasteiger partial charge in [-0.25, -0.2) is 0 Å². The SMILES string of the molecule is C=C/C=C(\C)c1cccc(/C=C(\c2ccccc2C)c2ccccc2CC)c1. The topological polar surface area (TPSA) is 0 Å². The molecule has 3 aromatic carbocycles. The highest BCUT2D eigenvalue weighted by Crippen LogP contribution is 2.31. The smallest absolute Gasteiger partial charge is 0.0100 e. The van der Waals surface area contributed by atoms with E-state index in [0.717, 1.165) is 6.42 Å². The van der Waals surface area contributed by atoms with E-state index in [1.54, 1.807) is 0 Å². The van der Waals surface area contributed by atoms with Gasteiger partial charge in [-0.15, -0.1) is 0 Å². The highest BCUT2D eigenvalue weighted by molar-refractivity contribution is 5.93. The predicted molar refractivity (Wildman–Crippen MR) is 124 cm³/mol. The van der Waals surface area contributed by atoms with Crippen molar-refractivity contribution < 1.29 is 0 Å². The summed E-state index contributed by atoms with van der Waals surface area (Å²) in [7, 11) is 0. The van der Waals surface area contributed by atoms with Crippen LogP contribution in [-0.4, -0.2) is 0 Å². The Morgan fingerprint density at radius 2 is 1.61 bits per heavy atom. The van der Waals surface area contributed by atoms with Gasteiger partial charge in [0, 0.05) is 0 Å². The van der Waals surface area contributed by atoms with E-state index in [1.807, 2.05) is 6.08 Å². The first kappa shape index (κ1) is 19.6. The van der Waals surface area contributed by atoms with E-state index in [2.05, 4.69) is 112 Å². The normalized spacial score (nSPS) is 12.1. The quantitative estimate of drug-likeness (QED) is 0.310. The van der Waals surface area contributed by atoms with Gasteiger partial charge in [0.15, 0.2) is 0 Å². The first-order valence-corrected chi connectivity index (χ1v) is 9.89. The molecule has 0 spiro atoms. The minimum atomic E-state index is 1.01. The fourth-order valence-corrected chi connectivity index (χ4v) is 3.58. The summed E-state index contributed by atoms with van der Waals surface area (Å²) in [6, 6.07) is 26.1. The third-order valence-electron chi connectivity index (χ3n) is 5.14. The Hall–Kier alpha value is -3.12. The Kier molecular flexibility index (Phi) is 6.45. The first-order chi connectivity index (χ1) is 13.6. The van der Waals surface area contributed by atoms with Crippen molar-refractivity contribution in [3.05, 3.63) is 125 Å². The molecule has 0 fully saturated rings. The molecule has 0 aliphatic carbocycles. The van der Waals surface area contributed by atoms with Crippen LogP contribution in [0.4, 0.5) is 0 Å². The van der Waals surface area contributed by atoms with Crippen molar-refractivity contribution in [3.63, 3.8) is 0 Å². The standard InChI is InChI=1S/C28H28/c1-5-12-21(3)25-16-11-14-23(19-25)20-28(26-17-9-7-13-22(26)4)27-18-10-8-15-24(27)6-2/h5,7-20H,1,6H2,2-4H3/b21-12+,28-20+. The van der Waals surface area contributed by atoms with Crippen LogP contribution in [0.25, 0.3) is 17.2 Å². The van der Waals surface area contributed by atoms with E-state index in [-0.39, 0.29) is 0 Å². The Morgan fingerprint density at radius 3 is 2.32 bits per heavy atom. The van der Waals surface area contributed by atoms with Crippen molar-refractivity contribution in [1.82, 2.24) is 0 Å². The molecule has 0 amide bonds. The average Bonchev–Trinajstić information content (AvgIpc) is 2.73. The van der Waals surface area contributed by atoms with E-state index in [4.69, 9.17) is 0 Å². The molecular formula is C28H28. The molecule has 0 heteroatoms.